The molecule has 2 heterocycles. The number of nitrogens with zero attached hydrogens (tertiary/aromatic N) is 1. The van der Waals surface area contributed by atoms with Crippen LogP contribution in [0.25, 0.3) is 10.9 Å². The molecule has 166 valence electrons. The minimum absolute atomic E-state index is 0.0375. The van der Waals surface area contributed by atoms with E-state index in [2.05, 4.69) is 34.8 Å². The van der Waals surface area contributed by atoms with Gasteiger partial charge in [-0.05, 0) is 54.7 Å². The quantitative estimate of drug-likeness (QED) is 0.496. The number of amides is 1. The average molecular weight is 497 g/mol. The number of H-pyrrole nitrogens is 1. The number of piperidine rings is 1. The summed E-state index contributed by atoms with van der Waals surface area (Å²) in [4.78, 5) is 29.5. The molecule has 0 radical (unpaired) electrons. The van der Waals surface area contributed by atoms with E-state index in [1.54, 1.807) is 0 Å². The maximum Gasteiger partial charge on any atom is 0.407 e. The second kappa shape index (κ2) is 7.66. The Labute approximate surface area is 194 Å². The van der Waals surface area contributed by atoms with Crippen LogP contribution < -0.4 is 4.74 Å². The number of carboxylic acid groups (broad SMARTS) is 1. The molecule has 3 aromatic rings. The standard InChI is InChI=1S/C25H25BrN2O4/c1-25(2)19-12-16(32-13-14-7-9-28(10-8-14)24(30)31)4-6-17(19)22(29)21-18-5-3-15(26)11-20(18)27-23(21)25/h3-6,11-12,14,27H,7-10,13H2,1-2H3,(H,30,31). The number of aromatic nitrogens is 1. The minimum Gasteiger partial charge on any atom is -0.493 e. The first-order valence-corrected chi connectivity index (χ1v) is 11.7. The van der Waals surface area contributed by atoms with Gasteiger partial charge in [0.25, 0.3) is 0 Å². The number of nitrogens with one attached hydrogen (secondary N) is 1. The number of likely N-dealkylation sites (tertiary alicyclic amines) is 1. The van der Waals surface area contributed by atoms with Crippen molar-refractivity contribution >= 4 is 38.7 Å². The number of ketones is 1. The Kier molecular flexibility index (Phi) is 5.04. The Hall–Kier alpha value is -2.80. The van der Waals surface area contributed by atoms with Crippen LogP contribution in [0.15, 0.2) is 40.9 Å². The normalized spacial score (nSPS) is 17.8. The molecular weight excluding hydrogens is 472 g/mol. The molecule has 0 bridgehead atoms. The molecule has 0 unspecified atom stereocenters. The molecule has 2 aliphatic rings. The van der Waals surface area contributed by atoms with Crippen molar-refractivity contribution in [2.24, 2.45) is 5.92 Å². The Morgan fingerprint density at radius 1 is 1.22 bits per heavy atom. The van der Waals surface area contributed by atoms with Crippen LogP contribution in [0.3, 0.4) is 0 Å². The molecule has 2 N–H and O–H groups in total. The van der Waals surface area contributed by atoms with Gasteiger partial charge in [0.05, 0.1) is 12.2 Å². The van der Waals surface area contributed by atoms with Crippen molar-refractivity contribution < 1.29 is 19.4 Å². The summed E-state index contributed by atoms with van der Waals surface area (Å²) in [5.74, 6) is 1.11. The van der Waals surface area contributed by atoms with Crippen LogP contribution in [0.4, 0.5) is 4.79 Å². The zero-order valence-corrected chi connectivity index (χ0v) is 19.7. The third kappa shape index (κ3) is 3.39. The Morgan fingerprint density at radius 2 is 1.97 bits per heavy atom. The van der Waals surface area contributed by atoms with E-state index in [9.17, 15) is 9.59 Å². The minimum atomic E-state index is -0.852. The Morgan fingerprint density at radius 3 is 2.69 bits per heavy atom. The maximum absolute atomic E-state index is 13.4. The fourth-order valence-corrected chi connectivity index (χ4v) is 5.34. The zero-order chi connectivity index (χ0) is 22.6. The van der Waals surface area contributed by atoms with Gasteiger partial charge in [0.15, 0.2) is 5.78 Å². The number of ether oxygens (including phenoxy) is 1. The number of hydrogen-bond donors (Lipinski definition) is 2. The number of benzene rings is 2. The maximum atomic E-state index is 13.4. The topological polar surface area (TPSA) is 82.6 Å². The highest BCUT2D eigenvalue weighted by Gasteiger charge is 2.39. The van der Waals surface area contributed by atoms with Gasteiger partial charge in [0.1, 0.15) is 5.75 Å². The van der Waals surface area contributed by atoms with Crippen molar-refractivity contribution in [3.05, 3.63) is 63.3 Å². The molecule has 1 aliphatic carbocycles. The summed E-state index contributed by atoms with van der Waals surface area (Å²) in [7, 11) is 0. The molecule has 5 rings (SSSR count). The van der Waals surface area contributed by atoms with Crippen LogP contribution in [0, 0.1) is 5.92 Å². The summed E-state index contributed by atoms with van der Waals surface area (Å²) in [6, 6.07) is 11.7. The highest BCUT2D eigenvalue weighted by atomic mass is 79.9. The molecule has 1 aliphatic heterocycles. The van der Waals surface area contributed by atoms with Crippen LogP contribution >= 0.6 is 15.9 Å². The monoisotopic (exact) mass is 496 g/mol. The second-order valence-electron chi connectivity index (χ2n) is 9.25. The van der Waals surface area contributed by atoms with E-state index in [-0.39, 0.29) is 11.2 Å². The summed E-state index contributed by atoms with van der Waals surface area (Å²) in [5, 5.41) is 10.1. The van der Waals surface area contributed by atoms with E-state index in [0.717, 1.165) is 50.8 Å². The number of rotatable bonds is 3. The average Bonchev–Trinajstić information content (AvgIpc) is 3.16. The summed E-state index contributed by atoms with van der Waals surface area (Å²) in [5.41, 5.74) is 3.93. The number of fused-ring (bicyclic) bond motifs is 4. The van der Waals surface area contributed by atoms with Crippen LogP contribution in [-0.2, 0) is 5.41 Å². The molecular formula is C25H25BrN2O4. The number of carbonyl (C=O) groups is 2. The molecule has 1 amide bonds. The molecule has 7 heteroatoms. The first-order chi connectivity index (χ1) is 15.3. The Balaban J connectivity index is 1.41. The van der Waals surface area contributed by atoms with E-state index < -0.39 is 6.09 Å². The van der Waals surface area contributed by atoms with Gasteiger partial charge < -0.3 is 19.7 Å². The van der Waals surface area contributed by atoms with Crippen LogP contribution in [0.2, 0.25) is 0 Å². The lowest BCUT2D eigenvalue weighted by atomic mass is 9.71. The number of halogens is 1. The van der Waals surface area contributed by atoms with Gasteiger partial charge in [-0.15, -0.1) is 0 Å². The molecule has 0 spiro atoms. The van der Waals surface area contributed by atoms with Crippen molar-refractivity contribution in [3.8, 4) is 5.75 Å². The van der Waals surface area contributed by atoms with E-state index in [4.69, 9.17) is 9.84 Å². The third-order valence-electron chi connectivity index (χ3n) is 6.89. The highest BCUT2D eigenvalue weighted by Crippen LogP contribution is 2.45. The molecule has 0 saturated carbocycles. The lowest BCUT2D eigenvalue weighted by molar-refractivity contribution is 0.103. The summed E-state index contributed by atoms with van der Waals surface area (Å²) in [6.07, 6.45) is 0.749. The molecule has 1 aromatic heterocycles. The van der Waals surface area contributed by atoms with Crippen molar-refractivity contribution in [2.75, 3.05) is 19.7 Å². The fraction of sp³-hybridized carbons (Fsp3) is 0.360. The SMILES string of the molecule is CC1(C)c2cc(OCC3CCN(C(=O)O)CC3)ccc2C(=O)c2c1[nH]c1cc(Br)ccc21. The van der Waals surface area contributed by atoms with Gasteiger partial charge in [0.2, 0.25) is 0 Å². The predicted molar refractivity (Wildman–Crippen MR) is 126 cm³/mol. The van der Waals surface area contributed by atoms with E-state index in [0.29, 0.717) is 31.2 Å². The third-order valence-corrected chi connectivity index (χ3v) is 7.39. The summed E-state index contributed by atoms with van der Waals surface area (Å²) >= 11 is 3.51. The lowest BCUT2D eigenvalue weighted by Crippen LogP contribution is -2.38. The number of aromatic amines is 1. The molecule has 1 saturated heterocycles. The molecule has 32 heavy (non-hydrogen) atoms. The second-order valence-corrected chi connectivity index (χ2v) is 10.2. The molecule has 6 nitrogen and oxygen atoms in total. The van der Waals surface area contributed by atoms with Gasteiger partial charge in [-0.1, -0.05) is 35.8 Å². The Bertz CT molecular complexity index is 1240. The molecule has 2 aromatic carbocycles. The molecule has 0 atom stereocenters. The highest BCUT2D eigenvalue weighted by molar-refractivity contribution is 9.10. The predicted octanol–water partition coefficient (Wildman–Crippen LogP) is 5.57. The molecule has 1 fully saturated rings. The summed E-state index contributed by atoms with van der Waals surface area (Å²) in [6.45, 7) is 5.91. The van der Waals surface area contributed by atoms with Crippen molar-refractivity contribution in [1.82, 2.24) is 9.88 Å². The van der Waals surface area contributed by atoms with Gasteiger partial charge in [-0.2, -0.15) is 0 Å². The first-order valence-electron chi connectivity index (χ1n) is 10.9. The van der Waals surface area contributed by atoms with Gasteiger partial charge in [-0.3, -0.25) is 4.79 Å². The van der Waals surface area contributed by atoms with E-state index in [1.807, 2.05) is 36.4 Å². The van der Waals surface area contributed by atoms with E-state index >= 15 is 0 Å². The van der Waals surface area contributed by atoms with Gasteiger partial charge >= 0.3 is 6.09 Å². The van der Waals surface area contributed by atoms with Crippen molar-refractivity contribution in [1.29, 1.82) is 0 Å². The number of hydrogen-bond acceptors (Lipinski definition) is 3. The van der Waals surface area contributed by atoms with Crippen LogP contribution in [0.5, 0.6) is 5.75 Å². The van der Waals surface area contributed by atoms with Crippen LogP contribution in [-0.4, -0.2) is 46.6 Å². The van der Waals surface area contributed by atoms with Gasteiger partial charge in [0, 0.05) is 45.1 Å². The first kappa shape index (κ1) is 21.1. The van der Waals surface area contributed by atoms with Crippen molar-refractivity contribution in [3.63, 3.8) is 0 Å². The van der Waals surface area contributed by atoms with E-state index in [1.165, 1.54) is 4.90 Å². The number of carbonyl (C=O) groups excluding carboxylic acids is 1. The fourth-order valence-electron chi connectivity index (χ4n) is 4.98. The zero-order valence-electron chi connectivity index (χ0n) is 18.1. The lowest BCUT2D eigenvalue weighted by Gasteiger charge is -2.33. The largest absolute Gasteiger partial charge is 0.493 e. The summed E-state index contributed by atoms with van der Waals surface area (Å²) < 4.78 is 7.07. The van der Waals surface area contributed by atoms with Crippen LogP contribution in [0.1, 0.15) is 53.9 Å². The smallest absolute Gasteiger partial charge is 0.407 e. The van der Waals surface area contributed by atoms with Crippen molar-refractivity contribution in [2.45, 2.75) is 32.1 Å². The van der Waals surface area contributed by atoms with Gasteiger partial charge in [-0.25, -0.2) is 4.79 Å².